The van der Waals surface area contributed by atoms with Crippen LogP contribution in [0.2, 0.25) is 0 Å². The van der Waals surface area contributed by atoms with Crippen LogP contribution in [-0.4, -0.2) is 12.1 Å². The number of hydrogen-bond acceptors (Lipinski definition) is 1. The lowest BCUT2D eigenvalue weighted by Crippen LogP contribution is -2.52. The fourth-order valence-electron chi connectivity index (χ4n) is 7.12. The molecule has 0 radical (unpaired) electrons. The summed E-state index contributed by atoms with van der Waals surface area (Å²) in [7, 11) is 0. The van der Waals surface area contributed by atoms with E-state index in [2.05, 4.69) is 60.7 Å². The molecule has 1 N–H and O–H groups in total. The second-order valence-electron chi connectivity index (χ2n) is 14.3. The zero-order chi connectivity index (χ0) is 23.8. The Hall–Kier alpha value is -0.0400. The van der Waals surface area contributed by atoms with Gasteiger partial charge in [0.05, 0.1) is 0 Å². The van der Waals surface area contributed by atoms with Gasteiger partial charge in [0.2, 0.25) is 0 Å². The minimum absolute atomic E-state index is 0.331. The fraction of sp³-hybridized carbons (Fsp3) is 1.00. The molecule has 0 aliphatic heterocycles. The predicted molar refractivity (Wildman–Crippen MR) is 144 cm³/mol. The molecule has 2 fully saturated rings. The Morgan fingerprint density at radius 1 is 0.625 bits per heavy atom. The summed E-state index contributed by atoms with van der Waals surface area (Å²) >= 11 is 0. The molecular weight excluding hydrogens is 386 g/mol. The van der Waals surface area contributed by atoms with Crippen molar-refractivity contribution >= 4 is 0 Å². The van der Waals surface area contributed by atoms with Gasteiger partial charge in [-0.05, 0) is 60.7 Å². The lowest BCUT2D eigenvalue weighted by Gasteiger charge is -2.45. The highest BCUT2D eigenvalue weighted by atomic mass is 15.0. The Balaban J connectivity index is 2.15. The summed E-state index contributed by atoms with van der Waals surface area (Å²) < 4.78 is 0. The lowest BCUT2D eigenvalue weighted by atomic mass is 9.67. The zero-order valence-corrected chi connectivity index (χ0v) is 23.6. The minimum Gasteiger partial charge on any atom is -0.310 e. The second-order valence-corrected chi connectivity index (χ2v) is 14.3. The van der Waals surface area contributed by atoms with Crippen molar-refractivity contribution in [2.75, 3.05) is 0 Å². The van der Waals surface area contributed by atoms with Gasteiger partial charge in [-0.15, -0.1) is 0 Å². The van der Waals surface area contributed by atoms with E-state index in [4.69, 9.17) is 0 Å². The van der Waals surface area contributed by atoms with Crippen LogP contribution in [0.25, 0.3) is 0 Å². The van der Waals surface area contributed by atoms with Gasteiger partial charge in [-0.3, -0.25) is 0 Å². The summed E-state index contributed by atoms with van der Waals surface area (Å²) in [5.41, 5.74) is 0.752. The normalized spacial score (nSPS) is 25.1. The highest BCUT2D eigenvalue weighted by Crippen LogP contribution is 2.41. The molecule has 0 saturated heterocycles. The van der Waals surface area contributed by atoms with Crippen molar-refractivity contribution in [3.8, 4) is 0 Å². The Labute approximate surface area is 203 Å². The quantitative estimate of drug-likeness (QED) is 0.409. The van der Waals surface area contributed by atoms with Crippen LogP contribution in [0.3, 0.4) is 0 Å². The van der Waals surface area contributed by atoms with Crippen molar-refractivity contribution < 1.29 is 0 Å². The summed E-state index contributed by atoms with van der Waals surface area (Å²) in [6, 6.07) is 1.24. The third-order valence-electron chi connectivity index (χ3n) is 9.06. The maximum atomic E-state index is 4.31. The molecule has 0 spiro atoms. The predicted octanol–water partition coefficient (Wildman–Crippen LogP) is 9.79. The molecule has 4 atom stereocenters. The molecule has 190 valence electrons. The van der Waals surface area contributed by atoms with E-state index in [1.165, 1.54) is 96.3 Å². The molecule has 0 aromatic heterocycles. The van der Waals surface area contributed by atoms with E-state index < -0.39 is 0 Å². The molecule has 2 aliphatic rings. The van der Waals surface area contributed by atoms with E-state index >= 15 is 0 Å². The van der Waals surface area contributed by atoms with Crippen molar-refractivity contribution in [3.63, 3.8) is 0 Å². The van der Waals surface area contributed by atoms with Crippen LogP contribution >= 0.6 is 0 Å². The van der Waals surface area contributed by atoms with E-state index in [1.807, 2.05) is 0 Å². The van der Waals surface area contributed by atoms with Crippen LogP contribution in [0.4, 0.5) is 0 Å². The number of rotatable bonds is 7. The standard InChI is InChI=1S/C31H61N/c1-24(28(23-30(3,4)5)26-19-15-11-9-12-16-20-26)25(2)32-29(31(6,7)8)27-21-17-13-10-14-18-22-27/h24-29,32H,9-23H2,1-8H3. The molecule has 0 bridgehead atoms. The Kier molecular flexibility index (Phi) is 11.6. The molecular formula is C31H61N. The lowest BCUT2D eigenvalue weighted by molar-refractivity contribution is 0.0911. The van der Waals surface area contributed by atoms with Crippen molar-refractivity contribution in [1.82, 2.24) is 5.32 Å². The highest BCUT2D eigenvalue weighted by molar-refractivity contribution is 4.92. The first kappa shape index (κ1) is 28.2. The maximum Gasteiger partial charge on any atom is 0.0146 e. The molecule has 0 aromatic rings. The van der Waals surface area contributed by atoms with Crippen molar-refractivity contribution in [1.29, 1.82) is 0 Å². The Morgan fingerprint density at radius 3 is 1.44 bits per heavy atom. The van der Waals surface area contributed by atoms with Gasteiger partial charge in [0.1, 0.15) is 0 Å². The first-order valence-corrected chi connectivity index (χ1v) is 14.7. The first-order chi connectivity index (χ1) is 15.0. The zero-order valence-electron chi connectivity index (χ0n) is 23.6. The molecule has 0 amide bonds. The topological polar surface area (TPSA) is 12.0 Å². The first-order valence-electron chi connectivity index (χ1n) is 14.7. The summed E-state index contributed by atoms with van der Waals surface area (Å²) in [5.74, 6) is 3.39. The summed E-state index contributed by atoms with van der Waals surface area (Å²) in [5, 5.41) is 4.31. The Bertz CT molecular complexity index is 480. The largest absolute Gasteiger partial charge is 0.310 e. The van der Waals surface area contributed by atoms with Gasteiger partial charge in [0.25, 0.3) is 0 Å². The molecule has 32 heavy (non-hydrogen) atoms. The summed E-state index contributed by atoms with van der Waals surface area (Å²) in [6.07, 6.45) is 21.8. The monoisotopic (exact) mass is 447 g/mol. The highest BCUT2D eigenvalue weighted by Gasteiger charge is 2.37. The van der Waals surface area contributed by atoms with Crippen LogP contribution in [0.1, 0.15) is 152 Å². The third-order valence-corrected chi connectivity index (χ3v) is 9.06. The van der Waals surface area contributed by atoms with Crippen molar-refractivity contribution in [3.05, 3.63) is 0 Å². The molecule has 2 saturated carbocycles. The maximum absolute atomic E-state index is 4.31. The van der Waals surface area contributed by atoms with E-state index in [0.717, 1.165) is 23.7 Å². The smallest absolute Gasteiger partial charge is 0.0146 e. The van der Waals surface area contributed by atoms with Crippen LogP contribution in [0.15, 0.2) is 0 Å². The average molecular weight is 448 g/mol. The molecule has 1 nitrogen and oxygen atoms in total. The van der Waals surface area contributed by atoms with Crippen LogP contribution in [0, 0.1) is 34.5 Å². The van der Waals surface area contributed by atoms with Gasteiger partial charge in [0, 0.05) is 12.1 Å². The molecule has 4 unspecified atom stereocenters. The van der Waals surface area contributed by atoms with Gasteiger partial charge in [-0.1, -0.05) is 126 Å². The van der Waals surface area contributed by atoms with E-state index in [9.17, 15) is 0 Å². The molecule has 2 aliphatic carbocycles. The van der Waals surface area contributed by atoms with Gasteiger partial charge in [-0.25, -0.2) is 0 Å². The van der Waals surface area contributed by atoms with E-state index in [1.54, 1.807) is 0 Å². The van der Waals surface area contributed by atoms with Crippen molar-refractivity contribution in [2.24, 2.45) is 34.5 Å². The number of hydrogen-bond donors (Lipinski definition) is 1. The minimum atomic E-state index is 0.331. The number of nitrogens with one attached hydrogen (secondary N) is 1. The molecule has 0 heterocycles. The Morgan fingerprint density at radius 2 is 1.03 bits per heavy atom. The van der Waals surface area contributed by atoms with E-state index in [0.29, 0.717) is 22.9 Å². The SMILES string of the molecule is CC(NC(C1CCCCCCC1)C(C)(C)C)C(C)C(CC(C)(C)C)C1CCCCCCC1. The van der Waals surface area contributed by atoms with Crippen LogP contribution < -0.4 is 5.32 Å². The summed E-state index contributed by atoms with van der Waals surface area (Å²) in [6.45, 7) is 20.0. The van der Waals surface area contributed by atoms with Crippen LogP contribution in [0.5, 0.6) is 0 Å². The second kappa shape index (κ2) is 13.2. The van der Waals surface area contributed by atoms with E-state index in [-0.39, 0.29) is 0 Å². The fourth-order valence-corrected chi connectivity index (χ4v) is 7.12. The molecule has 0 aromatic carbocycles. The molecule has 2 rings (SSSR count). The van der Waals surface area contributed by atoms with Gasteiger partial charge in [0.15, 0.2) is 0 Å². The summed E-state index contributed by atoms with van der Waals surface area (Å²) in [4.78, 5) is 0. The van der Waals surface area contributed by atoms with Gasteiger partial charge < -0.3 is 5.32 Å². The van der Waals surface area contributed by atoms with Gasteiger partial charge >= 0.3 is 0 Å². The van der Waals surface area contributed by atoms with Crippen LogP contribution in [-0.2, 0) is 0 Å². The van der Waals surface area contributed by atoms with Crippen molar-refractivity contribution in [2.45, 2.75) is 164 Å². The third kappa shape index (κ3) is 9.68. The van der Waals surface area contributed by atoms with Gasteiger partial charge in [-0.2, -0.15) is 0 Å². The average Bonchev–Trinajstić information content (AvgIpc) is 2.62. The molecule has 1 heteroatoms.